The van der Waals surface area contributed by atoms with Crippen LogP contribution in [0.25, 0.3) is 109 Å². The van der Waals surface area contributed by atoms with E-state index in [0.29, 0.717) is 0 Å². The summed E-state index contributed by atoms with van der Waals surface area (Å²) in [5.74, 6) is 0. The minimum atomic E-state index is 1.28. The lowest BCUT2D eigenvalue weighted by molar-refractivity contribution is 1.38. The lowest BCUT2D eigenvalue weighted by Crippen LogP contribution is -1.91. The summed E-state index contributed by atoms with van der Waals surface area (Å²) in [6, 6.07) is 45.5. The normalized spacial score (nSPS) is 13.2. The summed E-state index contributed by atoms with van der Waals surface area (Å²) in [6.07, 6.45) is 0. The first-order valence-electron chi connectivity index (χ1n) is 14.7. The van der Waals surface area contributed by atoms with Gasteiger partial charge in [-0.25, -0.2) is 0 Å². The number of rotatable bonds is 0. The van der Waals surface area contributed by atoms with Crippen molar-refractivity contribution in [2.24, 2.45) is 0 Å². The molecule has 0 spiro atoms. The molecule has 0 saturated heterocycles. The highest BCUT2D eigenvalue weighted by atomic mass is 14.9. The number of hydrogen-bond acceptors (Lipinski definition) is 0. The molecule has 8 aromatic carbocycles. The first-order chi connectivity index (χ1) is 20.9. The van der Waals surface area contributed by atoms with Gasteiger partial charge >= 0.3 is 0 Å². The molecule has 0 radical (unpaired) electrons. The lowest BCUT2D eigenvalue weighted by Gasteiger charge is -2.16. The maximum absolute atomic E-state index is 2.55. The van der Waals surface area contributed by atoms with Gasteiger partial charge in [0.15, 0.2) is 0 Å². The Bertz CT molecular complexity index is 2900. The first kappa shape index (κ1) is 20.3. The summed E-state index contributed by atoms with van der Waals surface area (Å²) in [7, 11) is 0. The molecule has 0 aliphatic rings. The number of benzene rings is 8. The van der Waals surface area contributed by atoms with Crippen LogP contribution in [-0.2, 0) is 0 Å². The Kier molecular flexibility index (Phi) is 3.13. The zero-order chi connectivity index (χ0) is 26.8. The van der Waals surface area contributed by atoms with Crippen LogP contribution in [0.2, 0.25) is 0 Å². The van der Waals surface area contributed by atoms with Gasteiger partial charge in [-0.2, -0.15) is 0 Å². The molecule has 4 heterocycles. The van der Waals surface area contributed by atoms with Crippen molar-refractivity contribution in [2.75, 3.05) is 0 Å². The van der Waals surface area contributed by atoms with Crippen molar-refractivity contribution in [1.82, 2.24) is 8.80 Å². The maximum Gasteiger partial charge on any atom is 0.0626 e. The summed E-state index contributed by atoms with van der Waals surface area (Å²) in [4.78, 5) is 0. The third-order valence-electron chi connectivity index (χ3n) is 10.3. The molecule has 190 valence electrons. The van der Waals surface area contributed by atoms with E-state index in [1.54, 1.807) is 0 Å². The molecule has 0 aliphatic carbocycles. The van der Waals surface area contributed by atoms with E-state index < -0.39 is 0 Å². The molecule has 4 aromatic heterocycles. The number of aromatic nitrogens is 2. The number of fused-ring (bicyclic) bond motifs is 16. The lowest BCUT2D eigenvalue weighted by atomic mass is 9.88. The SMILES string of the molecule is c1ccc2c(c1)c1cccc3c4c5cccc6c5c5c(cccc5c4n2c13)c1c2cccc3c4ccccc4n(c32)c61. The van der Waals surface area contributed by atoms with Crippen molar-refractivity contribution in [3.63, 3.8) is 0 Å². The second kappa shape index (κ2) is 6.48. The largest absolute Gasteiger partial charge is 0.307 e. The van der Waals surface area contributed by atoms with Gasteiger partial charge in [0.05, 0.1) is 33.1 Å². The molecule has 42 heavy (non-hydrogen) atoms. The Morgan fingerprint density at radius 3 is 1.02 bits per heavy atom. The number of hydrogen-bond donors (Lipinski definition) is 0. The van der Waals surface area contributed by atoms with Gasteiger partial charge in [0.2, 0.25) is 0 Å². The fourth-order valence-electron chi connectivity index (χ4n) is 8.89. The summed E-state index contributed by atoms with van der Waals surface area (Å²) in [5, 5.41) is 18.8. The van der Waals surface area contributed by atoms with E-state index in [2.05, 4.69) is 130 Å². The van der Waals surface area contributed by atoms with Crippen LogP contribution in [0.4, 0.5) is 0 Å². The molecule has 0 N–H and O–H groups in total. The zero-order valence-corrected chi connectivity index (χ0v) is 22.4. The molecule has 0 unspecified atom stereocenters. The summed E-state index contributed by atoms with van der Waals surface area (Å²) < 4.78 is 5.10. The fourth-order valence-corrected chi connectivity index (χ4v) is 8.89. The monoisotopic (exact) mass is 528 g/mol. The summed E-state index contributed by atoms with van der Waals surface area (Å²) in [6.45, 7) is 0. The van der Waals surface area contributed by atoms with Crippen molar-refractivity contribution in [3.8, 4) is 0 Å². The van der Waals surface area contributed by atoms with Crippen LogP contribution in [0, 0.1) is 0 Å². The number of nitrogens with zero attached hydrogens (tertiary/aromatic N) is 2. The molecular weight excluding hydrogens is 508 g/mol. The Morgan fingerprint density at radius 1 is 0.238 bits per heavy atom. The Hall–Kier alpha value is -5.60. The summed E-state index contributed by atoms with van der Waals surface area (Å²) in [5.41, 5.74) is 7.89. The van der Waals surface area contributed by atoms with Gasteiger partial charge < -0.3 is 8.80 Å². The topological polar surface area (TPSA) is 8.82 Å². The van der Waals surface area contributed by atoms with Crippen LogP contribution in [-0.4, -0.2) is 8.80 Å². The van der Waals surface area contributed by atoms with Gasteiger partial charge in [-0.1, -0.05) is 109 Å². The van der Waals surface area contributed by atoms with Crippen molar-refractivity contribution in [2.45, 2.75) is 0 Å². The third-order valence-corrected chi connectivity index (χ3v) is 10.3. The predicted molar refractivity (Wildman–Crippen MR) is 179 cm³/mol. The van der Waals surface area contributed by atoms with E-state index in [4.69, 9.17) is 0 Å². The minimum Gasteiger partial charge on any atom is -0.307 e. The van der Waals surface area contributed by atoms with E-state index >= 15 is 0 Å². The van der Waals surface area contributed by atoms with Crippen molar-refractivity contribution >= 4 is 109 Å². The smallest absolute Gasteiger partial charge is 0.0626 e. The van der Waals surface area contributed by atoms with Crippen LogP contribution in [0.5, 0.6) is 0 Å². The van der Waals surface area contributed by atoms with Gasteiger partial charge in [0, 0.05) is 64.6 Å². The fraction of sp³-hybridized carbons (Fsp3) is 0. The number of para-hydroxylation sites is 4. The van der Waals surface area contributed by atoms with Gasteiger partial charge in [0.25, 0.3) is 0 Å². The Morgan fingerprint density at radius 2 is 0.571 bits per heavy atom. The van der Waals surface area contributed by atoms with Crippen LogP contribution in [0.15, 0.2) is 121 Å². The van der Waals surface area contributed by atoms with Crippen molar-refractivity contribution in [3.05, 3.63) is 121 Å². The van der Waals surface area contributed by atoms with E-state index in [9.17, 15) is 0 Å². The second-order valence-corrected chi connectivity index (χ2v) is 12.0. The Labute approximate surface area is 238 Å². The van der Waals surface area contributed by atoms with E-state index in [1.807, 2.05) is 0 Å². The van der Waals surface area contributed by atoms with Crippen LogP contribution in [0.3, 0.4) is 0 Å². The van der Waals surface area contributed by atoms with Gasteiger partial charge in [-0.05, 0) is 22.9 Å². The zero-order valence-electron chi connectivity index (χ0n) is 22.4. The van der Waals surface area contributed by atoms with E-state index in [0.717, 1.165) is 0 Å². The van der Waals surface area contributed by atoms with Crippen molar-refractivity contribution < 1.29 is 0 Å². The second-order valence-electron chi connectivity index (χ2n) is 12.0. The maximum atomic E-state index is 2.55. The van der Waals surface area contributed by atoms with Crippen molar-refractivity contribution in [1.29, 1.82) is 0 Å². The van der Waals surface area contributed by atoms with Gasteiger partial charge in [-0.15, -0.1) is 0 Å². The summed E-state index contributed by atoms with van der Waals surface area (Å²) >= 11 is 0. The molecule has 12 rings (SSSR count). The molecule has 0 atom stereocenters. The molecule has 12 aromatic rings. The quantitative estimate of drug-likeness (QED) is 0.173. The van der Waals surface area contributed by atoms with Crippen LogP contribution in [0.1, 0.15) is 0 Å². The van der Waals surface area contributed by atoms with Gasteiger partial charge in [-0.3, -0.25) is 0 Å². The third kappa shape index (κ3) is 1.95. The molecule has 0 aliphatic heterocycles. The minimum absolute atomic E-state index is 1.28. The molecule has 0 fully saturated rings. The standard InChI is InChI=1S/C40H20N2/c1-3-19-31-21(9-1)23-11-5-17-29-35-25-13-8-16-28-34(25)33-26(14-7-15-27(33)39(35)41(31)37(23)29)36-30-18-6-12-24-22-10-2-4-20-32(22)42(38(24)30)40(28)36/h1-20H. The average Bonchev–Trinajstić information content (AvgIpc) is 3.78. The van der Waals surface area contributed by atoms with E-state index in [-0.39, 0.29) is 0 Å². The molecule has 2 heteroatoms. The first-order valence-corrected chi connectivity index (χ1v) is 14.7. The van der Waals surface area contributed by atoms with Gasteiger partial charge in [0.1, 0.15) is 0 Å². The average molecular weight is 529 g/mol. The highest BCUT2D eigenvalue weighted by Crippen LogP contribution is 2.51. The molecule has 0 amide bonds. The molecule has 2 nitrogen and oxygen atoms in total. The highest BCUT2D eigenvalue weighted by Gasteiger charge is 2.26. The Balaban J connectivity index is 1.49. The van der Waals surface area contributed by atoms with Crippen LogP contribution >= 0.6 is 0 Å². The predicted octanol–water partition coefficient (Wildman–Crippen LogP) is 10.9. The molecular formula is C40H20N2. The van der Waals surface area contributed by atoms with E-state index in [1.165, 1.54) is 109 Å². The highest BCUT2D eigenvalue weighted by molar-refractivity contribution is 6.46. The van der Waals surface area contributed by atoms with Crippen LogP contribution < -0.4 is 0 Å². The molecule has 0 bridgehead atoms. The molecule has 0 saturated carbocycles.